The predicted molar refractivity (Wildman–Crippen MR) is 113 cm³/mol. The molecule has 3 saturated heterocycles. The highest BCUT2D eigenvalue weighted by Crippen LogP contribution is 2.43. The quantitative estimate of drug-likeness (QED) is 0.574. The van der Waals surface area contributed by atoms with Crippen molar-refractivity contribution in [2.24, 2.45) is 11.8 Å². The molecule has 0 radical (unpaired) electrons. The normalized spacial score (nSPS) is 27.4. The number of rotatable bonds is 5. The molecule has 6 rings (SSSR count). The second kappa shape index (κ2) is 7.40. The molecule has 3 fully saturated rings. The van der Waals surface area contributed by atoms with Crippen LogP contribution in [0.4, 0.5) is 0 Å². The van der Waals surface area contributed by atoms with E-state index in [0.29, 0.717) is 17.9 Å². The third kappa shape index (κ3) is 3.10. The molecule has 3 aliphatic heterocycles. The van der Waals surface area contributed by atoms with Gasteiger partial charge in [0.25, 0.3) is 0 Å². The number of nitrogens with zero attached hydrogens (tertiary/aromatic N) is 2. The SMILES string of the molecule is C=C[C@H]1CN2CC[C@H]1C[C@@H]2[C@H](Oc1ccccc1)c1ccnc2ccccc12. The lowest BCUT2D eigenvalue weighted by Crippen LogP contribution is -2.55. The number of ether oxygens (including phenoxy) is 1. The van der Waals surface area contributed by atoms with E-state index >= 15 is 0 Å². The Balaban J connectivity index is 1.57. The van der Waals surface area contributed by atoms with Crippen LogP contribution in [0.2, 0.25) is 0 Å². The van der Waals surface area contributed by atoms with Crippen molar-refractivity contribution in [2.75, 3.05) is 13.1 Å². The number of piperidine rings is 3. The molecule has 1 unspecified atom stereocenters. The molecule has 3 aliphatic rings. The van der Waals surface area contributed by atoms with Crippen molar-refractivity contribution < 1.29 is 4.74 Å². The topological polar surface area (TPSA) is 25.4 Å². The van der Waals surface area contributed by atoms with Gasteiger partial charge in [0.05, 0.1) is 11.6 Å². The van der Waals surface area contributed by atoms with E-state index in [1.807, 2.05) is 30.5 Å². The molecule has 0 N–H and O–H groups in total. The molecule has 1 aromatic heterocycles. The van der Waals surface area contributed by atoms with Gasteiger partial charge in [-0.25, -0.2) is 0 Å². The zero-order valence-electron chi connectivity index (χ0n) is 16.1. The minimum Gasteiger partial charge on any atom is -0.484 e. The fourth-order valence-corrected chi connectivity index (χ4v) is 5.05. The Kier molecular flexibility index (Phi) is 4.61. The van der Waals surface area contributed by atoms with Crippen LogP contribution < -0.4 is 4.74 Å². The molecule has 5 atom stereocenters. The first-order valence-corrected chi connectivity index (χ1v) is 10.3. The molecule has 3 nitrogen and oxygen atoms in total. The van der Waals surface area contributed by atoms with E-state index in [-0.39, 0.29) is 6.10 Å². The fraction of sp³-hybridized carbons (Fsp3) is 0.320. The van der Waals surface area contributed by atoms with Gasteiger partial charge in [0.15, 0.2) is 0 Å². The fourth-order valence-electron chi connectivity index (χ4n) is 5.05. The van der Waals surface area contributed by atoms with Crippen LogP contribution in [0, 0.1) is 11.8 Å². The summed E-state index contributed by atoms with van der Waals surface area (Å²) in [5, 5.41) is 1.19. The van der Waals surface area contributed by atoms with E-state index in [1.165, 1.54) is 17.4 Å². The first kappa shape index (κ1) is 17.4. The van der Waals surface area contributed by atoms with Crippen LogP contribution in [0.15, 0.2) is 79.5 Å². The first-order valence-electron chi connectivity index (χ1n) is 10.3. The molecule has 3 heteroatoms. The van der Waals surface area contributed by atoms with Crippen molar-refractivity contribution >= 4 is 10.9 Å². The molecule has 0 spiro atoms. The van der Waals surface area contributed by atoms with Crippen LogP contribution in [-0.2, 0) is 0 Å². The van der Waals surface area contributed by atoms with Crippen LogP contribution in [0.25, 0.3) is 10.9 Å². The van der Waals surface area contributed by atoms with Gasteiger partial charge < -0.3 is 4.74 Å². The molecular weight excluding hydrogens is 344 g/mol. The summed E-state index contributed by atoms with van der Waals surface area (Å²) < 4.78 is 6.67. The van der Waals surface area contributed by atoms with Gasteiger partial charge in [0, 0.05) is 23.7 Å². The third-order valence-electron chi connectivity index (χ3n) is 6.50. The van der Waals surface area contributed by atoms with Crippen molar-refractivity contribution in [1.82, 2.24) is 9.88 Å². The Morgan fingerprint density at radius 3 is 2.68 bits per heavy atom. The number of para-hydroxylation sites is 2. The second-order valence-electron chi connectivity index (χ2n) is 8.02. The average Bonchev–Trinajstić information content (AvgIpc) is 2.78. The summed E-state index contributed by atoms with van der Waals surface area (Å²) in [6, 6.07) is 21.1. The van der Waals surface area contributed by atoms with Gasteiger partial charge >= 0.3 is 0 Å². The van der Waals surface area contributed by atoms with E-state index in [0.717, 1.165) is 30.8 Å². The summed E-state index contributed by atoms with van der Waals surface area (Å²) >= 11 is 0. The minimum absolute atomic E-state index is 0.0103. The predicted octanol–water partition coefficient (Wildman–Crippen LogP) is 5.25. The van der Waals surface area contributed by atoms with Crippen LogP contribution >= 0.6 is 0 Å². The molecule has 3 aromatic rings. The first-order chi connectivity index (χ1) is 13.8. The Morgan fingerprint density at radius 2 is 1.89 bits per heavy atom. The lowest BCUT2D eigenvalue weighted by atomic mass is 9.73. The van der Waals surface area contributed by atoms with Crippen molar-refractivity contribution in [2.45, 2.75) is 25.0 Å². The molecule has 0 aliphatic carbocycles. The maximum Gasteiger partial charge on any atom is 0.140 e. The summed E-state index contributed by atoms with van der Waals surface area (Å²) in [7, 11) is 0. The van der Waals surface area contributed by atoms with E-state index < -0.39 is 0 Å². The van der Waals surface area contributed by atoms with Gasteiger partial charge in [0.2, 0.25) is 0 Å². The van der Waals surface area contributed by atoms with E-state index in [4.69, 9.17) is 4.74 Å². The lowest BCUT2D eigenvalue weighted by Gasteiger charge is -2.51. The standard InChI is InChI=1S/C25H26N2O/c1-2-18-17-27-15-13-19(18)16-24(27)25(28-20-8-4-3-5-9-20)22-12-14-26-23-11-7-6-10-21(22)23/h2-12,14,18-19,24-25H,1,13,15-17H2/t18-,19-,24+,25+/m0/s1. The monoisotopic (exact) mass is 370 g/mol. The molecule has 2 bridgehead atoms. The summed E-state index contributed by atoms with van der Waals surface area (Å²) in [5.74, 6) is 2.25. The van der Waals surface area contributed by atoms with Gasteiger partial charge in [-0.05, 0) is 55.5 Å². The number of pyridine rings is 1. The summed E-state index contributed by atoms with van der Waals surface area (Å²) in [4.78, 5) is 7.19. The van der Waals surface area contributed by atoms with Gasteiger partial charge in [-0.2, -0.15) is 0 Å². The van der Waals surface area contributed by atoms with Gasteiger partial charge in [-0.15, -0.1) is 6.58 Å². The Hall–Kier alpha value is -2.65. The van der Waals surface area contributed by atoms with E-state index in [9.17, 15) is 0 Å². The van der Waals surface area contributed by atoms with Crippen molar-refractivity contribution in [3.8, 4) is 5.75 Å². The molecule has 28 heavy (non-hydrogen) atoms. The zero-order chi connectivity index (χ0) is 18.9. The number of hydrogen-bond donors (Lipinski definition) is 0. The maximum absolute atomic E-state index is 6.67. The summed E-state index contributed by atoms with van der Waals surface area (Å²) in [5.41, 5.74) is 2.27. The Labute approximate surface area is 166 Å². The summed E-state index contributed by atoms with van der Waals surface area (Å²) in [6.07, 6.45) is 6.49. The second-order valence-corrected chi connectivity index (χ2v) is 8.02. The average molecular weight is 370 g/mol. The van der Waals surface area contributed by atoms with Crippen LogP contribution in [0.3, 0.4) is 0 Å². The van der Waals surface area contributed by atoms with Gasteiger partial charge in [-0.3, -0.25) is 9.88 Å². The molecule has 2 aromatic carbocycles. The third-order valence-corrected chi connectivity index (χ3v) is 6.50. The van der Waals surface area contributed by atoms with Gasteiger partial charge in [0.1, 0.15) is 11.9 Å². The Bertz CT molecular complexity index is 965. The molecule has 0 saturated carbocycles. The molecule has 4 heterocycles. The maximum atomic E-state index is 6.67. The van der Waals surface area contributed by atoms with Crippen molar-refractivity contribution in [1.29, 1.82) is 0 Å². The van der Waals surface area contributed by atoms with Crippen LogP contribution in [0.1, 0.15) is 24.5 Å². The molecule has 0 amide bonds. The highest BCUT2D eigenvalue weighted by atomic mass is 16.5. The van der Waals surface area contributed by atoms with Crippen molar-refractivity contribution in [3.05, 3.63) is 85.1 Å². The van der Waals surface area contributed by atoms with Crippen molar-refractivity contribution in [3.63, 3.8) is 0 Å². The molecular formula is C25H26N2O. The largest absolute Gasteiger partial charge is 0.484 e. The van der Waals surface area contributed by atoms with Crippen LogP contribution in [-0.4, -0.2) is 29.0 Å². The number of benzene rings is 2. The number of fused-ring (bicyclic) bond motifs is 4. The highest BCUT2D eigenvalue weighted by molar-refractivity contribution is 5.82. The number of hydrogen-bond acceptors (Lipinski definition) is 3. The highest BCUT2D eigenvalue weighted by Gasteiger charge is 2.43. The zero-order valence-corrected chi connectivity index (χ0v) is 16.1. The number of aromatic nitrogens is 1. The van der Waals surface area contributed by atoms with Crippen LogP contribution in [0.5, 0.6) is 5.75 Å². The molecule has 142 valence electrons. The lowest BCUT2D eigenvalue weighted by molar-refractivity contribution is -0.0357. The Morgan fingerprint density at radius 1 is 1.07 bits per heavy atom. The van der Waals surface area contributed by atoms with E-state index in [1.54, 1.807) is 0 Å². The van der Waals surface area contributed by atoms with Gasteiger partial charge in [-0.1, -0.05) is 42.5 Å². The smallest absolute Gasteiger partial charge is 0.140 e. The van der Waals surface area contributed by atoms with E-state index in [2.05, 4.69) is 58.9 Å². The minimum atomic E-state index is -0.0103. The summed E-state index contributed by atoms with van der Waals surface area (Å²) in [6.45, 7) is 6.32.